The predicted octanol–water partition coefficient (Wildman–Crippen LogP) is 2.22. The van der Waals surface area contributed by atoms with E-state index < -0.39 is 10.0 Å². The summed E-state index contributed by atoms with van der Waals surface area (Å²) in [5.41, 5.74) is 2.30. The van der Waals surface area contributed by atoms with E-state index in [0.29, 0.717) is 0 Å². The lowest BCUT2D eigenvalue weighted by Gasteiger charge is -2.25. The number of aromatic nitrogens is 2. The van der Waals surface area contributed by atoms with Gasteiger partial charge in [-0.25, -0.2) is 18.1 Å². The van der Waals surface area contributed by atoms with Crippen LogP contribution in [-0.4, -0.2) is 43.5 Å². The zero-order chi connectivity index (χ0) is 17.9. The summed E-state index contributed by atoms with van der Waals surface area (Å²) in [4.78, 5) is 5.85. The lowest BCUT2D eigenvalue weighted by molar-refractivity contribution is 0.299. The summed E-state index contributed by atoms with van der Waals surface area (Å²) in [5.74, 6) is 0. The van der Waals surface area contributed by atoms with Gasteiger partial charge in [-0.15, -0.1) is 0 Å². The largest absolute Gasteiger partial charge is 0.324 e. The van der Waals surface area contributed by atoms with Gasteiger partial charge in [0.15, 0.2) is 0 Å². The molecule has 0 aliphatic carbocycles. The fourth-order valence-corrected chi connectivity index (χ4v) is 3.87. The molecule has 0 saturated heterocycles. The van der Waals surface area contributed by atoms with Gasteiger partial charge >= 0.3 is 0 Å². The maximum absolute atomic E-state index is 12.4. The van der Waals surface area contributed by atoms with E-state index in [2.05, 4.69) is 28.8 Å². The van der Waals surface area contributed by atoms with Crippen LogP contribution in [0, 0.1) is 0 Å². The first-order chi connectivity index (χ1) is 11.3. The van der Waals surface area contributed by atoms with Gasteiger partial charge in [-0.2, -0.15) is 0 Å². The molecule has 0 aliphatic heterocycles. The lowest BCUT2D eigenvalue weighted by Crippen LogP contribution is -2.34. The molecule has 1 N–H and O–H groups in total. The maximum Gasteiger partial charge on any atom is 0.261 e. The molecule has 24 heavy (non-hydrogen) atoms. The van der Waals surface area contributed by atoms with Crippen LogP contribution in [0.2, 0.25) is 5.15 Å². The molecule has 2 aromatic rings. The summed E-state index contributed by atoms with van der Waals surface area (Å²) in [6, 6.07) is 8.11. The van der Waals surface area contributed by atoms with Crippen LogP contribution < -0.4 is 4.72 Å². The SMILES string of the molecule is CCc1ccc(C(CNS(=O)(=O)c2ncn(C)c2Cl)N(C)C)cc1. The first kappa shape index (κ1) is 18.9. The van der Waals surface area contributed by atoms with Crippen LogP contribution in [0.1, 0.15) is 24.1 Å². The molecular weight excluding hydrogens is 348 g/mol. The van der Waals surface area contributed by atoms with E-state index in [0.717, 1.165) is 12.0 Å². The molecule has 1 aromatic carbocycles. The number of nitrogens with zero attached hydrogens (tertiary/aromatic N) is 3. The molecule has 0 fully saturated rings. The van der Waals surface area contributed by atoms with Crippen LogP contribution >= 0.6 is 11.6 Å². The summed E-state index contributed by atoms with van der Waals surface area (Å²) in [5, 5.41) is -0.0540. The van der Waals surface area contributed by atoms with Crippen molar-refractivity contribution in [2.24, 2.45) is 7.05 Å². The van der Waals surface area contributed by atoms with Crippen molar-refractivity contribution in [2.75, 3.05) is 20.6 Å². The molecule has 2 rings (SSSR count). The van der Waals surface area contributed by atoms with E-state index in [9.17, 15) is 8.42 Å². The van der Waals surface area contributed by atoms with Crippen molar-refractivity contribution in [1.82, 2.24) is 19.2 Å². The Morgan fingerprint density at radius 2 is 1.92 bits per heavy atom. The number of hydrogen-bond acceptors (Lipinski definition) is 4. The Labute approximate surface area is 148 Å². The number of hydrogen-bond donors (Lipinski definition) is 1. The van der Waals surface area contributed by atoms with Crippen LogP contribution in [-0.2, 0) is 23.5 Å². The second-order valence-electron chi connectivity index (χ2n) is 5.88. The van der Waals surface area contributed by atoms with Gasteiger partial charge in [-0.3, -0.25) is 0 Å². The molecule has 1 aromatic heterocycles. The Hall–Kier alpha value is -1.41. The first-order valence-corrected chi connectivity index (χ1v) is 9.54. The van der Waals surface area contributed by atoms with Crippen molar-refractivity contribution in [3.63, 3.8) is 0 Å². The fourth-order valence-electron chi connectivity index (χ4n) is 2.41. The van der Waals surface area contributed by atoms with Gasteiger partial charge in [0.1, 0.15) is 5.15 Å². The van der Waals surface area contributed by atoms with Gasteiger partial charge in [-0.1, -0.05) is 42.8 Å². The van der Waals surface area contributed by atoms with Gasteiger partial charge in [0, 0.05) is 19.6 Å². The smallest absolute Gasteiger partial charge is 0.261 e. The zero-order valence-corrected chi connectivity index (χ0v) is 15.9. The van der Waals surface area contributed by atoms with Crippen molar-refractivity contribution in [3.05, 3.63) is 46.9 Å². The number of aryl methyl sites for hydroxylation is 2. The van der Waals surface area contributed by atoms with E-state index in [1.807, 2.05) is 31.1 Å². The third-order valence-corrected chi connectivity index (χ3v) is 5.86. The molecule has 0 amide bonds. The molecule has 1 unspecified atom stereocenters. The zero-order valence-electron chi connectivity index (χ0n) is 14.3. The van der Waals surface area contributed by atoms with Crippen molar-refractivity contribution in [1.29, 1.82) is 0 Å². The van der Waals surface area contributed by atoms with Crippen molar-refractivity contribution < 1.29 is 8.42 Å². The number of imidazole rings is 1. The number of rotatable bonds is 7. The van der Waals surface area contributed by atoms with Gasteiger partial charge < -0.3 is 9.47 Å². The average molecular weight is 371 g/mol. The quantitative estimate of drug-likeness (QED) is 0.811. The molecule has 0 saturated carbocycles. The molecule has 0 aliphatic rings. The Morgan fingerprint density at radius 3 is 2.38 bits per heavy atom. The number of benzene rings is 1. The third kappa shape index (κ3) is 4.16. The molecule has 6 nitrogen and oxygen atoms in total. The number of sulfonamides is 1. The summed E-state index contributed by atoms with van der Waals surface area (Å²) in [6.07, 6.45) is 2.35. The van der Waals surface area contributed by atoms with Crippen LogP contribution in [0.5, 0.6) is 0 Å². The summed E-state index contributed by atoms with van der Waals surface area (Å²) in [7, 11) is 1.72. The number of halogens is 1. The maximum atomic E-state index is 12.4. The van der Waals surface area contributed by atoms with Gasteiger partial charge in [0.05, 0.1) is 6.33 Å². The summed E-state index contributed by atoms with van der Waals surface area (Å²) in [6.45, 7) is 2.33. The molecule has 1 heterocycles. The number of nitrogens with one attached hydrogen (secondary N) is 1. The topological polar surface area (TPSA) is 67.2 Å². The van der Waals surface area contributed by atoms with E-state index in [1.54, 1.807) is 7.05 Å². The van der Waals surface area contributed by atoms with Gasteiger partial charge in [0.25, 0.3) is 10.0 Å². The highest BCUT2D eigenvalue weighted by atomic mass is 35.5. The minimum Gasteiger partial charge on any atom is -0.324 e. The summed E-state index contributed by atoms with van der Waals surface area (Å²) >= 11 is 5.99. The molecule has 0 radical (unpaired) electrons. The van der Waals surface area contributed by atoms with Crippen molar-refractivity contribution in [3.8, 4) is 0 Å². The molecule has 8 heteroatoms. The first-order valence-electron chi connectivity index (χ1n) is 7.68. The van der Waals surface area contributed by atoms with E-state index >= 15 is 0 Å². The van der Waals surface area contributed by atoms with E-state index in [4.69, 9.17) is 11.6 Å². The van der Waals surface area contributed by atoms with E-state index in [-0.39, 0.29) is 22.8 Å². The van der Waals surface area contributed by atoms with E-state index in [1.165, 1.54) is 16.5 Å². The molecule has 0 spiro atoms. The summed E-state index contributed by atoms with van der Waals surface area (Å²) < 4.78 is 28.9. The lowest BCUT2D eigenvalue weighted by atomic mass is 10.0. The monoisotopic (exact) mass is 370 g/mol. The van der Waals surface area contributed by atoms with Crippen molar-refractivity contribution >= 4 is 21.6 Å². The number of likely N-dealkylation sites (N-methyl/N-ethyl adjacent to an activating group) is 1. The van der Waals surface area contributed by atoms with Crippen LogP contribution in [0.25, 0.3) is 0 Å². The molecular formula is C16H23ClN4O2S. The second kappa shape index (κ2) is 7.65. The molecule has 132 valence electrons. The highest BCUT2D eigenvalue weighted by Crippen LogP contribution is 2.21. The Bertz CT molecular complexity index is 785. The Morgan fingerprint density at radius 1 is 1.29 bits per heavy atom. The Kier molecular flexibility index (Phi) is 6.03. The highest BCUT2D eigenvalue weighted by Gasteiger charge is 2.24. The fraction of sp³-hybridized carbons (Fsp3) is 0.438. The van der Waals surface area contributed by atoms with Gasteiger partial charge in [0.2, 0.25) is 5.03 Å². The van der Waals surface area contributed by atoms with Crippen LogP contribution in [0.3, 0.4) is 0 Å². The predicted molar refractivity (Wildman–Crippen MR) is 95.7 cm³/mol. The van der Waals surface area contributed by atoms with Gasteiger partial charge in [-0.05, 0) is 31.6 Å². The van der Waals surface area contributed by atoms with Crippen LogP contribution in [0.4, 0.5) is 0 Å². The minimum atomic E-state index is -3.76. The van der Waals surface area contributed by atoms with Crippen molar-refractivity contribution in [2.45, 2.75) is 24.4 Å². The average Bonchev–Trinajstić information content (AvgIpc) is 2.88. The third-order valence-electron chi connectivity index (χ3n) is 3.95. The minimum absolute atomic E-state index is 0.0897. The molecule has 0 bridgehead atoms. The Balaban J connectivity index is 2.17. The normalized spacial score (nSPS) is 13.4. The van der Waals surface area contributed by atoms with Crippen LogP contribution in [0.15, 0.2) is 35.6 Å². The second-order valence-corrected chi connectivity index (χ2v) is 7.92. The molecule has 1 atom stereocenters. The standard InChI is InChI=1S/C16H23ClN4O2S/c1-5-12-6-8-13(9-7-12)14(20(2)3)10-19-24(22,23)16-15(17)21(4)11-18-16/h6-9,11,14,19H,5,10H2,1-4H3. The highest BCUT2D eigenvalue weighted by molar-refractivity contribution is 7.89.